The second-order valence-electron chi connectivity index (χ2n) is 6.40. The Labute approximate surface area is 123 Å². The maximum atomic E-state index is 13.8. The summed E-state index contributed by atoms with van der Waals surface area (Å²) in [6.07, 6.45) is 0.0607. The van der Waals surface area contributed by atoms with Gasteiger partial charge in [0.05, 0.1) is 6.04 Å². The zero-order valence-electron chi connectivity index (χ0n) is 12.8. The first kappa shape index (κ1) is 17.3. The number of hydrogen-bond donors (Lipinski definition) is 1. The van der Waals surface area contributed by atoms with Gasteiger partial charge in [-0.15, -0.1) is 0 Å². The molecule has 1 atom stereocenters. The fraction of sp³-hybridized carbons (Fsp3) is 0.500. The van der Waals surface area contributed by atoms with Crippen LogP contribution >= 0.6 is 0 Å². The van der Waals surface area contributed by atoms with Gasteiger partial charge in [0, 0.05) is 18.4 Å². The fourth-order valence-corrected chi connectivity index (χ4v) is 2.08. The monoisotopic (exact) mass is 297 g/mol. The molecule has 0 spiro atoms. The number of nitrogens with one attached hydrogen (secondary N) is 1. The number of halogens is 2. The van der Waals surface area contributed by atoms with E-state index in [2.05, 4.69) is 5.32 Å². The van der Waals surface area contributed by atoms with Gasteiger partial charge in [0.25, 0.3) is 0 Å². The van der Waals surface area contributed by atoms with Crippen molar-refractivity contribution in [3.05, 3.63) is 35.4 Å². The Morgan fingerprint density at radius 2 is 1.71 bits per heavy atom. The van der Waals surface area contributed by atoms with E-state index in [1.165, 1.54) is 13.0 Å². The molecular formula is C16H21F2NO2. The molecule has 0 aromatic heterocycles. The summed E-state index contributed by atoms with van der Waals surface area (Å²) in [5.41, 5.74) is -0.520. The number of Topliss-reactive ketones (excluding diaryl/α,β-unsaturated/α-hetero) is 1. The van der Waals surface area contributed by atoms with Crippen LogP contribution in [0.5, 0.6) is 0 Å². The molecule has 3 nitrogen and oxygen atoms in total. The number of hydrogen-bond acceptors (Lipinski definition) is 2. The van der Waals surface area contributed by atoms with E-state index in [1.54, 1.807) is 0 Å². The third kappa shape index (κ3) is 5.61. The molecule has 0 radical (unpaired) electrons. The third-order valence-electron chi connectivity index (χ3n) is 2.87. The molecule has 1 rings (SSSR count). The van der Waals surface area contributed by atoms with Crippen molar-refractivity contribution >= 4 is 11.7 Å². The van der Waals surface area contributed by atoms with Gasteiger partial charge in [-0.25, -0.2) is 8.78 Å². The van der Waals surface area contributed by atoms with Gasteiger partial charge in [0.2, 0.25) is 5.91 Å². The topological polar surface area (TPSA) is 46.2 Å². The summed E-state index contributed by atoms with van der Waals surface area (Å²) in [5.74, 6) is -2.12. The molecule has 0 saturated carbocycles. The highest BCUT2D eigenvalue weighted by Gasteiger charge is 2.25. The highest BCUT2D eigenvalue weighted by Crippen LogP contribution is 2.25. The first-order valence-electron chi connectivity index (χ1n) is 6.83. The normalized spacial score (nSPS) is 12.9. The van der Waals surface area contributed by atoms with Crippen molar-refractivity contribution in [2.24, 2.45) is 5.41 Å². The summed E-state index contributed by atoms with van der Waals surface area (Å²) < 4.78 is 27.7. The van der Waals surface area contributed by atoms with Gasteiger partial charge >= 0.3 is 0 Å². The van der Waals surface area contributed by atoms with E-state index in [9.17, 15) is 18.4 Å². The Balaban J connectivity index is 3.01. The van der Waals surface area contributed by atoms with Crippen LogP contribution in [-0.4, -0.2) is 11.7 Å². The van der Waals surface area contributed by atoms with Gasteiger partial charge in [-0.1, -0.05) is 26.8 Å². The van der Waals surface area contributed by atoms with Crippen molar-refractivity contribution in [3.63, 3.8) is 0 Å². The third-order valence-corrected chi connectivity index (χ3v) is 2.87. The molecule has 5 heteroatoms. The van der Waals surface area contributed by atoms with E-state index in [0.717, 1.165) is 12.1 Å². The van der Waals surface area contributed by atoms with E-state index in [-0.39, 0.29) is 35.5 Å². The Bertz CT molecular complexity index is 515. The Kier molecular flexibility index (Phi) is 5.58. The SMILES string of the molecule is CC(=O)CC(NC(=O)CC(C)(C)C)c1c(F)cccc1F. The van der Waals surface area contributed by atoms with Crippen LogP contribution < -0.4 is 5.32 Å². The van der Waals surface area contributed by atoms with Crippen LogP contribution in [0.15, 0.2) is 18.2 Å². The number of amides is 1. The van der Waals surface area contributed by atoms with Crippen LogP contribution in [0, 0.1) is 17.0 Å². The maximum Gasteiger partial charge on any atom is 0.221 e. The number of benzene rings is 1. The molecule has 1 aromatic carbocycles. The van der Waals surface area contributed by atoms with Crippen LogP contribution in [0.25, 0.3) is 0 Å². The van der Waals surface area contributed by atoms with Gasteiger partial charge in [-0.2, -0.15) is 0 Å². The summed E-state index contributed by atoms with van der Waals surface area (Å²) >= 11 is 0. The molecule has 21 heavy (non-hydrogen) atoms. The van der Waals surface area contributed by atoms with E-state index < -0.39 is 17.7 Å². The lowest BCUT2D eigenvalue weighted by molar-refractivity contribution is -0.124. The van der Waals surface area contributed by atoms with Crippen molar-refractivity contribution < 1.29 is 18.4 Å². The molecule has 0 bridgehead atoms. The molecule has 0 saturated heterocycles. The van der Waals surface area contributed by atoms with Crippen molar-refractivity contribution in [3.8, 4) is 0 Å². The van der Waals surface area contributed by atoms with Crippen LogP contribution in [0.2, 0.25) is 0 Å². The van der Waals surface area contributed by atoms with Crippen LogP contribution in [-0.2, 0) is 9.59 Å². The molecule has 1 amide bonds. The smallest absolute Gasteiger partial charge is 0.221 e. The number of ketones is 1. The van der Waals surface area contributed by atoms with Crippen LogP contribution in [0.3, 0.4) is 0 Å². The molecule has 1 N–H and O–H groups in total. The minimum Gasteiger partial charge on any atom is -0.349 e. The molecule has 1 unspecified atom stereocenters. The Morgan fingerprint density at radius 3 is 2.14 bits per heavy atom. The second kappa shape index (κ2) is 6.78. The predicted octanol–water partition coefficient (Wildman–Crippen LogP) is 3.54. The van der Waals surface area contributed by atoms with Crippen molar-refractivity contribution in [1.82, 2.24) is 5.32 Å². The Morgan fingerprint density at radius 1 is 1.19 bits per heavy atom. The summed E-state index contributed by atoms with van der Waals surface area (Å²) in [6, 6.07) is 2.48. The average Bonchev–Trinajstić information content (AvgIpc) is 2.24. The standard InChI is InChI=1S/C16H21F2NO2/c1-10(20)8-13(19-14(21)9-16(2,3)4)15-11(17)6-5-7-12(15)18/h5-7,13H,8-9H2,1-4H3,(H,19,21). The van der Waals surface area contributed by atoms with E-state index >= 15 is 0 Å². The molecule has 0 heterocycles. The van der Waals surface area contributed by atoms with E-state index in [4.69, 9.17) is 0 Å². The Hall–Kier alpha value is -1.78. The molecule has 0 aliphatic carbocycles. The second-order valence-corrected chi connectivity index (χ2v) is 6.40. The lowest BCUT2D eigenvalue weighted by Crippen LogP contribution is -2.33. The minimum atomic E-state index is -0.987. The number of carbonyl (C=O) groups excluding carboxylic acids is 2. The summed E-state index contributed by atoms with van der Waals surface area (Å²) in [5, 5.41) is 2.56. The van der Waals surface area contributed by atoms with Gasteiger partial charge in [0.1, 0.15) is 17.4 Å². The highest BCUT2D eigenvalue weighted by atomic mass is 19.1. The molecule has 0 aliphatic heterocycles. The lowest BCUT2D eigenvalue weighted by Gasteiger charge is -2.22. The van der Waals surface area contributed by atoms with Crippen molar-refractivity contribution in [1.29, 1.82) is 0 Å². The molecule has 0 fully saturated rings. The lowest BCUT2D eigenvalue weighted by atomic mass is 9.91. The molecular weight excluding hydrogens is 276 g/mol. The zero-order valence-corrected chi connectivity index (χ0v) is 12.8. The predicted molar refractivity (Wildman–Crippen MR) is 76.6 cm³/mol. The summed E-state index contributed by atoms with van der Waals surface area (Å²) in [6.45, 7) is 6.98. The van der Waals surface area contributed by atoms with E-state index in [0.29, 0.717) is 0 Å². The maximum absolute atomic E-state index is 13.8. The molecule has 116 valence electrons. The quantitative estimate of drug-likeness (QED) is 0.903. The van der Waals surface area contributed by atoms with Crippen LogP contribution in [0.1, 0.15) is 52.1 Å². The first-order chi connectivity index (χ1) is 9.60. The average molecular weight is 297 g/mol. The highest BCUT2D eigenvalue weighted by molar-refractivity contribution is 5.80. The zero-order chi connectivity index (χ0) is 16.2. The van der Waals surface area contributed by atoms with Gasteiger partial charge < -0.3 is 5.32 Å². The van der Waals surface area contributed by atoms with Crippen LogP contribution in [0.4, 0.5) is 8.78 Å². The number of carbonyl (C=O) groups is 2. The molecule has 1 aromatic rings. The van der Waals surface area contributed by atoms with E-state index in [1.807, 2.05) is 20.8 Å². The minimum absolute atomic E-state index is 0.145. The fourth-order valence-electron chi connectivity index (χ4n) is 2.08. The van der Waals surface area contributed by atoms with Gasteiger partial charge in [0.15, 0.2) is 0 Å². The van der Waals surface area contributed by atoms with Crippen molar-refractivity contribution in [2.75, 3.05) is 0 Å². The first-order valence-corrected chi connectivity index (χ1v) is 6.83. The van der Waals surface area contributed by atoms with Gasteiger partial charge in [-0.05, 0) is 24.5 Å². The molecule has 0 aliphatic rings. The largest absolute Gasteiger partial charge is 0.349 e. The van der Waals surface area contributed by atoms with Crippen molar-refractivity contribution in [2.45, 2.75) is 46.6 Å². The summed E-state index contributed by atoms with van der Waals surface area (Å²) in [7, 11) is 0. The number of rotatable bonds is 5. The summed E-state index contributed by atoms with van der Waals surface area (Å²) in [4.78, 5) is 23.3. The van der Waals surface area contributed by atoms with Gasteiger partial charge in [-0.3, -0.25) is 9.59 Å².